The third-order valence-electron chi connectivity index (χ3n) is 5.42. The first-order chi connectivity index (χ1) is 15.5. The number of aromatic nitrogens is 5. The Kier molecular flexibility index (Phi) is 6.49. The molecule has 0 amide bonds. The molecule has 4 aromatic rings. The summed E-state index contributed by atoms with van der Waals surface area (Å²) >= 11 is 0. The average molecular weight is 431 g/mol. The van der Waals surface area contributed by atoms with Crippen LogP contribution in [0.3, 0.4) is 0 Å². The van der Waals surface area contributed by atoms with Gasteiger partial charge in [-0.05, 0) is 57.0 Å². The van der Waals surface area contributed by atoms with Crippen LogP contribution in [0, 0.1) is 20.8 Å². The standard InChI is InChI=1S/C24H30N8/c1-17-14-18(2)32(30-17)23-11-10-20(15-27-23)16-28-24(25-4)26-12-7-13-31-19(3)29-21-8-5-6-9-22(21)31/h5-6,8-11,14-15H,7,12-13,16H2,1-4H3,(H2,25,26,28). The van der Waals surface area contributed by atoms with E-state index in [1.54, 1.807) is 7.05 Å². The number of fused-ring (bicyclic) bond motifs is 1. The number of nitrogens with zero attached hydrogens (tertiary/aromatic N) is 6. The highest BCUT2D eigenvalue weighted by atomic mass is 15.3. The Morgan fingerprint density at radius 1 is 1.06 bits per heavy atom. The number of guanidine groups is 1. The van der Waals surface area contributed by atoms with Gasteiger partial charge in [0.1, 0.15) is 5.82 Å². The molecule has 3 heterocycles. The third kappa shape index (κ3) is 4.80. The fourth-order valence-electron chi connectivity index (χ4n) is 3.84. The van der Waals surface area contributed by atoms with Crippen molar-refractivity contribution in [2.24, 2.45) is 4.99 Å². The van der Waals surface area contributed by atoms with Crippen molar-refractivity contribution in [3.8, 4) is 5.82 Å². The van der Waals surface area contributed by atoms with E-state index in [2.05, 4.69) is 66.4 Å². The van der Waals surface area contributed by atoms with Crippen LogP contribution in [0.5, 0.6) is 0 Å². The van der Waals surface area contributed by atoms with Crippen molar-refractivity contribution in [1.82, 2.24) is 34.9 Å². The van der Waals surface area contributed by atoms with Crippen LogP contribution in [0.1, 0.15) is 29.2 Å². The predicted molar refractivity (Wildman–Crippen MR) is 128 cm³/mol. The van der Waals surface area contributed by atoms with Crippen molar-refractivity contribution >= 4 is 17.0 Å². The number of imidazole rings is 1. The van der Waals surface area contributed by atoms with Gasteiger partial charge in [-0.3, -0.25) is 4.99 Å². The van der Waals surface area contributed by atoms with Crippen LogP contribution in [0.4, 0.5) is 0 Å². The lowest BCUT2D eigenvalue weighted by Crippen LogP contribution is -2.37. The quantitative estimate of drug-likeness (QED) is 0.267. The van der Waals surface area contributed by atoms with Gasteiger partial charge in [0, 0.05) is 38.6 Å². The molecule has 4 rings (SSSR count). The number of nitrogens with one attached hydrogen (secondary N) is 2. The molecule has 0 unspecified atom stereocenters. The minimum atomic E-state index is 0.648. The first-order valence-corrected chi connectivity index (χ1v) is 10.9. The summed E-state index contributed by atoms with van der Waals surface area (Å²) in [7, 11) is 1.78. The summed E-state index contributed by atoms with van der Waals surface area (Å²) in [4.78, 5) is 13.5. The van der Waals surface area contributed by atoms with Gasteiger partial charge in [0.2, 0.25) is 0 Å². The number of pyridine rings is 1. The fourth-order valence-corrected chi connectivity index (χ4v) is 3.84. The van der Waals surface area contributed by atoms with Crippen LogP contribution in [0.15, 0.2) is 53.7 Å². The average Bonchev–Trinajstić information content (AvgIpc) is 3.31. The highest BCUT2D eigenvalue weighted by Gasteiger charge is 2.07. The second-order valence-electron chi connectivity index (χ2n) is 7.87. The van der Waals surface area contributed by atoms with Gasteiger partial charge in [-0.2, -0.15) is 5.10 Å². The molecule has 0 radical (unpaired) electrons. The van der Waals surface area contributed by atoms with Crippen molar-refractivity contribution in [3.63, 3.8) is 0 Å². The minimum absolute atomic E-state index is 0.648. The normalized spacial score (nSPS) is 11.8. The maximum absolute atomic E-state index is 4.63. The summed E-state index contributed by atoms with van der Waals surface area (Å²) < 4.78 is 4.13. The largest absolute Gasteiger partial charge is 0.356 e. The zero-order valence-corrected chi connectivity index (χ0v) is 19.1. The second-order valence-corrected chi connectivity index (χ2v) is 7.87. The molecule has 0 aliphatic rings. The van der Waals surface area contributed by atoms with Crippen LogP contribution in [-0.2, 0) is 13.1 Å². The van der Waals surface area contributed by atoms with Crippen molar-refractivity contribution in [2.75, 3.05) is 13.6 Å². The molecule has 166 valence electrons. The first-order valence-electron chi connectivity index (χ1n) is 10.9. The zero-order chi connectivity index (χ0) is 22.5. The van der Waals surface area contributed by atoms with Crippen LogP contribution in [-0.4, -0.2) is 43.9 Å². The van der Waals surface area contributed by atoms with E-state index in [1.807, 2.05) is 42.9 Å². The molecule has 0 atom stereocenters. The Labute approximate surface area is 188 Å². The van der Waals surface area contributed by atoms with Gasteiger partial charge in [-0.15, -0.1) is 0 Å². The number of benzene rings is 1. The summed E-state index contributed by atoms with van der Waals surface area (Å²) in [6.07, 6.45) is 2.85. The number of aliphatic imine (C=N–C) groups is 1. The van der Waals surface area contributed by atoms with Crippen LogP contribution in [0.25, 0.3) is 16.9 Å². The van der Waals surface area contributed by atoms with E-state index < -0.39 is 0 Å². The van der Waals surface area contributed by atoms with Crippen LogP contribution in [0.2, 0.25) is 0 Å². The molecule has 1 aromatic carbocycles. The highest BCUT2D eigenvalue weighted by Crippen LogP contribution is 2.15. The Morgan fingerprint density at radius 3 is 2.62 bits per heavy atom. The van der Waals surface area contributed by atoms with Gasteiger partial charge in [-0.1, -0.05) is 18.2 Å². The lowest BCUT2D eigenvalue weighted by Gasteiger charge is -2.13. The van der Waals surface area contributed by atoms with Gasteiger partial charge < -0.3 is 15.2 Å². The third-order valence-corrected chi connectivity index (χ3v) is 5.42. The number of hydrogen-bond donors (Lipinski definition) is 2. The van der Waals surface area contributed by atoms with Crippen LogP contribution >= 0.6 is 0 Å². The number of hydrogen-bond acceptors (Lipinski definition) is 4. The van der Waals surface area contributed by atoms with Crippen LogP contribution < -0.4 is 10.6 Å². The van der Waals surface area contributed by atoms with Gasteiger partial charge in [0.25, 0.3) is 0 Å². The molecule has 3 aromatic heterocycles. The maximum atomic E-state index is 4.63. The second kappa shape index (κ2) is 9.64. The van der Waals surface area contributed by atoms with E-state index in [0.717, 1.165) is 59.6 Å². The summed E-state index contributed by atoms with van der Waals surface area (Å²) in [5.41, 5.74) is 5.38. The number of aryl methyl sites for hydroxylation is 4. The molecule has 0 saturated carbocycles. The smallest absolute Gasteiger partial charge is 0.191 e. The van der Waals surface area contributed by atoms with E-state index in [1.165, 1.54) is 5.52 Å². The molecule has 0 fully saturated rings. The molecule has 8 heteroatoms. The molecular formula is C24H30N8. The Bertz CT molecular complexity index is 1220. The number of para-hydroxylation sites is 2. The molecule has 8 nitrogen and oxygen atoms in total. The predicted octanol–water partition coefficient (Wildman–Crippen LogP) is 3.30. The molecule has 0 spiro atoms. The fraction of sp³-hybridized carbons (Fsp3) is 0.333. The molecule has 32 heavy (non-hydrogen) atoms. The van der Waals surface area contributed by atoms with Crippen molar-refractivity contribution < 1.29 is 0 Å². The van der Waals surface area contributed by atoms with E-state index in [0.29, 0.717) is 6.54 Å². The van der Waals surface area contributed by atoms with E-state index in [9.17, 15) is 0 Å². The van der Waals surface area contributed by atoms with E-state index >= 15 is 0 Å². The highest BCUT2D eigenvalue weighted by molar-refractivity contribution is 5.79. The summed E-state index contributed by atoms with van der Waals surface area (Å²) in [5, 5.41) is 11.2. The van der Waals surface area contributed by atoms with Crippen molar-refractivity contribution in [1.29, 1.82) is 0 Å². The Hall–Kier alpha value is -3.68. The van der Waals surface area contributed by atoms with Gasteiger partial charge in [0.05, 0.1) is 16.7 Å². The first kappa shape index (κ1) is 21.5. The molecular weight excluding hydrogens is 400 g/mol. The Balaban J connectivity index is 1.26. The summed E-state index contributed by atoms with van der Waals surface area (Å²) in [6, 6.07) is 14.4. The molecule has 0 saturated heterocycles. The minimum Gasteiger partial charge on any atom is -0.356 e. The molecule has 2 N–H and O–H groups in total. The lowest BCUT2D eigenvalue weighted by atomic mass is 10.3. The molecule has 0 aliphatic heterocycles. The van der Waals surface area contributed by atoms with E-state index in [-0.39, 0.29) is 0 Å². The summed E-state index contributed by atoms with van der Waals surface area (Å²) in [5.74, 6) is 2.65. The van der Waals surface area contributed by atoms with E-state index in [4.69, 9.17) is 0 Å². The summed E-state index contributed by atoms with van der Waals surface area (Å²) in [6.45, 7) is 8.45. The number of rotatable bonds is 7. The maximum Gasteiger partial charge on any atom is 0.191 e. The van der Waals surface area contributed by atoms with Crippen molar-refractivity contribution in [3.05, 3.63) is 71.4 Å². The SMILES string of the molecule is CN=C(NCCCn1c(C)nc2ccccc21)NCc1ccc(-n2nc(C)cc2C)nc1. The zero-order valence-electron chi connectivity index (χ0n) is 19.1. The Morgan fingerprint density at radius 2 is 1.91 bits per heavy atom. The monoisotopic (exact) mass is 430 g/mol. The lowest BCUT2D eigenvalue weighted by molar-refractivity contribution is 0.624. The van der Waals surface area contributed by atoms with Gasteiger partial charge in [-0.25, -0.2) is 14.6 Å². The van der Waals surface area contributed by atoms with Gasteiger partial charge in [0.15, 0.2) is 11.8 Å². The topological polar surface area (TPSA) is 85.0 Å². The molecule has 0 bridgehead atoms. The van der Waals surface area contributed by atoms with Crippen molar-refractivity contribution in [2.45, 2.75) is 40.3 Å². The molecule has 0 aliphatic carbocycles. The van der Waals surface area contributed by atoms with Gasteiger partial charge >= 0.3 is 0 Å².